The predicted octanol–water partition coefficient (Wildman–Crippen LogP) is 0.950. The minimum Gasteiger partial charge on any atom is -0.481 e. The van der Waals surface area contributed by atoms with E-state index >= 15 is 0 Å². The number of primary amides is 1. The number of hydrogen-bond donors (Lipinski definition) is 1. The second-order valence-electron chi connectivity index (χ2n) is 2.92. The first-order chi connectivity index (χ1) is 7.04. The highest BCUT2D eigenvalue weighted by Crippen LogP contribution is 2.17. The van der Waals surface area contributed by atoms with Crippen LogP contribution in [0.3, 0.4) is 0 Å². The van der Waals surface area contributed by atoms with Crippen LogP contribution in [0.5, 0.6) is 5.75 Å². The van der Waals surface area contributed by atoms with E-state index in [0.29, 0.717) is 0 Å². The molecule has 1 aromatic rings. The van der Waals surface area contributed by atoms with Crippen LogP contribution in [-0.4, -0.2) is 12.0 Å². The van der Waals surface area contributed by atoms with Gasteiger partial charge in [-0.1, -0.05) is 0 Å². The normalized spacial score (nSPS) is 11.5. The highest BCUT2D eigenvalue weighted by Gasteiger charge is 2.11. The number of nitrogens with two attached hydrogens (primary N) is 1. The topological polar surface area (TPSA) is 76.1 Å². The first-order valence-corrected chi connectivity index (χ1v) is 4.20. The summed E-state index contributed by atoms with van der Waals surface area (Å²) in [6, 6.07) is 5.40. The number of nitriles is 1. The van der Waals surface area contributed by atoms with Gasteiger partial charge in [0.25, 0.3) is 5.91 Å². The van der Waals surface area contributed by atoms with Crippen LogP contribution in [0.2, 0.25) is 0 Å². The van der Waals surface area contributed by atoms with E-state index < -0.39 is 17.8 Å². The molecule has 0 fully saturated rings. The molecular weight excluding hydrogens is 199 g/mol. The molecule has 0 aliphatic carbocycles. The SMILES string of the molecule is CC(Oc1ccc(C#N)c(F)c1)C(N)=O. The van der Waals surface area contributed by atoms with Crippen molar-refractivity contribution in [3.63, 3.8) is 0 Å². The van der Waals surface area contributed by atoms with Crippen LogP contribution in [0.4, 0.5) is 4.39 Å². The summed E-state index contributed by atoms with van der Waals surface area (Å²) in [7, 11) is 0. The van der Waals surface area contributed by atoms with Crippen molar-refractivity contribution in [3.05, 3.63) is 29.6 Å². The second-order valence-corrected chi connectivity index (χ2v) is 2.92. The molecule has 0 heterocycles. The van der Waals surface area contributed by atoms with E-state index in [1.54, 1.807) is 6.07 Å². The molecule has 2 N–H and O–H groups in total. The summed E-state index contributed by atoms with van der Waals surface area (Å²) in [6.45, 7) is 1.46. The molecular formula is C10H9FN2O2. The quantitative estimate of drug-likeness (QED) is 0.803. The van der Waals surface area contributed by atoms with E-state index in [-0.39, 0.29) is 11.3 Å². The molecule has 0 saturated carbocycles. The molecule has 15 heavy (non-hydrogen) atoms. The van der Waals surface area contributed by atoms with E-state index in [2.05, 4.69) is 0 Å². The van der Waals surface area contributed by atoms with Gasteiger partial charge in [-0.05, 0) is 19.1 Å². The molecule has 0 aromatic heterocycles. The van der Waals surface area contributed by atoms with Crippen molar-refractivity contribution in [3.8, 4) is 11.8 Å². The van der Waals surface area contributed by atoms with Crippen LogP contribution >= 0.6 is 0 Å². The maximum atomic E-state index is 13.1. The fourth-order valence-corrected chi connectivity index (χ4v) is 0.922. The van der Waals surface area contributed by atoms with Gasteiger partial charge in [-0.25, -0.2) is 4.39 Å². The Morgan fingerprint density at radius 3 is 2.80 bits per heavy atom. The maximum Gasteiger partial charge on any atom is 0.258 e. The summed E-state index contributed by atoms with van der Waals surface area (Å²) >= 11 is 0. The van der Waals surface area contributed by atoms with Crippen molar-refractivity contribution in [2.75, 3.05) is 0 Å². The Balaban J connectivity index is 2.85. The maximum absolute atomic E-state index is 13.1. The monoisotopic (exact) mass is 208 g/mol. The number of rotatable bonds is 3. The van der Waals surface area contributed by atoms with Gasteiger partial charge in [-0.3, -0.25) is 4.79 Å². The zero-order valence-electron chi connectivity index (χ0n) is 8.03. The highest BCUT2D eigenvalue weighted by molar-refractivity contribution is 5.78. The van der Waals surface area contributed by atoms with E-state index in [4.69, 9.17) is 15.7 Å². The fourth-order valence-electron chi connectivity index (χ4n) is 0.922. The van der Waals surface area contributed by atoms with Gasteiger partial charge in [-0.2, -0.15) is 5.26 Å². The van der Waals surface area contributed by atoms with E-state index in [1.807, 2.05) is 0 Å². The van der Waals surface area contributed by atoms with Gasteiger partial charge in [0, 0.05) is 6.07 Å². The van der Waals surface area contributed by atoms with Crippen molar-refractivity contribution >= 4 is 5.91 Å². The summed E-state index contributed by atoms with van der Waals surface area (Å²) in [5.41, 5.74) is 4.89. The van der Waals surface area contributed by atoms with Gasteiger partial charge < -0.3 is 10.5 Å². The van der Waals surface area contributed by atoms with Crippen LogP contribution in [0, 0.1) is 17.1 Å². The Morgan fingerprint density at radius 2 is 2.33 bits per heavy atom. The molecule has 1 rings (SSSR count). The van der Waals surface area contributed by atoms with Crippen molar-refractivity contribution in [2.24, 2.45) is 5.73 Å². The molecule has 1 atom stereocenters. The average molecular weight is 208 g/mol. The third-order valence-corrected chi connectivity index (χ3v) is 1.77. The molecule has 0 aliphatic rings. The number of ether oxygens (including phenoxy) is 1. The zero-order valence-corrected chi connectivity index (χ0v) is 8.03. The third kappa shape index (κ3) is 2.68. The smallest absolute Gasteiger partial charge is 0.258 e. The van der Waals surface area contributed by atoms with Gasteiger partial charge in [0.2, 0.25) is 0 Å². The summed E-state index contributed by atoms with van der Waals surface area (Å²) in [6.07, 6.45) is -0.836. The molecule has 4 nitrogen and oxygen atoms in total. The number of halogens is 1. The molecule has 5 heteroatoms. The Hall–Kier alpha value is -2.09. The molecule has 1 amide bonds. The van der Waals surface area contributed by atoms with Gasteiger partial charge >= 0.3 is 0 Å². The molecule has 0 bridgehead atoms. The lowest BCUT2D eigenvalue weighted by atomic mass is 10.2. The van der Waals surface area contributed by atoms with Crippen molar-refractivity contribution in [1.29, 1.82) is 5.26 Å². The number of carbonyl (C=O) groups excluding carboxylic acids is 1. The highest BCUT2D eigenvalue weighted by atomic mass is 19.1. The van der Waals surface area contributed by atoms with Crippen molar-refractivity contribution in [1.82, 2.24) is 0 Å². The van der Waals surface area contributed by atoms with Gasteiger partial charge in [0.1, 0.15) is 17.6 Å². The molecule has 1 unspecified atom stereocenters. The molecule has 0 spiro atoms. The van der Waals surface area contributed by atoms with Crippen molar-refractivity contribution < 1.29 is 13.9 Å². The average Bonchev–Trinajstić information content (AvgIpc) is 2.18. The summed E-state index contributed by atoms with van der Waals surface area (Å²) in [4.78, 5) is 10.7. The second kappa shape index (κ2) is 4.42. The van der Waals surface area contributed by atoms with E-state index in [0.717, 1.165) is 6.07 Å². The molecule has 1 aromatic carbocycles. The number of nitrogens with zero attached hydrogens (tertiary/aromatic N) is 1. The van der Waals surface area contributed by atoms with Crippen molar-refractivity contribution in [2.45, 2.75) is 13.0 Å². The summed E-state index contributed by atoms with van der Waals surface area (Å²) in [5.74, 6) is -1.16. The molecule has 0 aliphatic heterocycles. The number of benzene rings is 1. The first-order valence-electron chi connectivity index (χ1n) is 4.20. The largest absolute Gasteiger partial charge is 0.481 e. The van der Waals surface area contributed by atoms with Crippen LogP contribution < -0.4 is 10.5 Å². The first kappa shape index (κ1) is 11.0. The number of hydrogen-bond acceptors (Lipinski definition) is 3. The third-order valence-electron chi connectivity index (χ3n) is 1.77. The van der Waals surface area contributed by atoms with E-state index in [9.17, 15) is 9.18 Å². The summed E-state index contributed by atoms with van der Waals surface area (Å²) < 4.78 is 18.1. The van der Waals surface area contributed by atoms with Crippen LogP contribution in [0.15, 0.2) is 18.2 Å². The van der Waals surface area contributed by atoms with Gasteiger partial charge in [-0.15, -0.1) is 0 Å². The lowest BCUT2D eigenvalue weighted by molar-refractivity contribution is -0.123. The standard InChI is InChI=1S/C10H9FN2O2/c1-6(10(13)14)15-8-3-2-7(5-12)9(11)4-8/h2-4,6H,1H3,(H2,13,14). The van der Waals surface area contributed by atoms with Crippen LogP contribution in [0.25, 0.3) is 0 Å². The Morgan fingerprint density at radius 1 is 1.67 bits per heavy atom. The summed E-state index contributed by atoms with van der Waals surface area (Å²) in [5, 5.41) is 8.47. The van der Waals surface area contributed by atoms with Gasteiger partial charge in [0.05, 0.1) is 5.56 Å². The zero-order chi connectivity index (χ0) is 11.4. The minimum atomic E-state index is -0.836. The lowest BCUT2D eigenvalue weighted by Gasteiger charge is -2.10. The minimum absolute atomic E-state index is 0.0749. The van der Waals surface area contributed by atoms with Crippen LogP contribution in [-0.2, 0) is 4.79 Å². The molecule has 0 radical (unpaired) electrons. The lowest BCUT2D eigenvalue weighted by Crippen LogP contribution is -2.30. The molecule has 0 saturated heterocycles. The van der Waals surface area contributed by atoms with Gasteiger partial charge in [0.15, 0.2) is 6.10 Å². The number of amides is 1. The molecule has 78 valence electrons. The Bertz CT molecular complexity index is 426. The Labute approximate surface area is 86.1 Å². The number of carbonyl (C=O) groups is 1. The fraction of sp³-hybridized carbons (Fsp3) is 0.200. The Kier molecular flexibility index (Phi) is 3.24. The van der Waals surface area contributed by atoms with E-state index in [1.165, 1.54) is 19.1 Å². The van der Waals surface area contributed by atoms with Crippen LogP contribution in [0.1, 0.15) is 12.5 Å². The predicted molar refractivity (Wildman–Crippen MR) is 50.4 cm³/mol.